The maximum Gasteiger partial charge on any atom is 0.266 e. The summed E-state index contributed by atoms with van der Waals surface area (Å²) in [7, 11) is 0. The lowest BCUT2D eigenvalue weighted by molar-refractivity contribution is -0.144. The van der Waals surface area contributed by atoms with Crippen LogP contribution in [0.15, 0.2) is 48.8 Å². The third-order valence-corrected chi connectivity index (χ3v) is 4.85. The number of hydrogen-bond donors (Lipinski definition) is 1. The van der Waals surface area contributed by atoms with Crippen LogP contribution in [-0.2, 0) is 11.2 Å². The van der Waals surface area contributed by atoms with E-state index in [0.29, 0.717) is 18.8 Å². The molecule has 2 atom stereocenters. The van der Waals surface area contributed by atoms with Gasteiger partial charge >= 0.3 is 0 Å². The van der Waals surface area contributed by atoms with Gasteiger partial charge in [0.05, 0.1) is 6.10 Å². The highest BCUT2D eigenvalue weighted by molar-refractivity contribution is 5.85. The Morgan fingerprint density at radius 3 is 2.50 bits per heavy atom. The summed E-state index contributed by atoms with van der Waals surface area (Å²) >= 11 is 0. The summed E-state index contributed by atoms with van der Waals surface area (Å²) in [6.45, 7) is 6.43. The van der Waals surface area contributed by atoms with Crippen molar-refractivity contribution in [1.82, 2.24) is 9.88 Å². The average molecular weight is 354 g/mol. The topological polar surface area (TPSA) is 62.7 Å². The summed E-state index contributed by atoms with van der Waals surface area (Å²) in [5.74, 6) is 0.591. The zero-order chi connectivity index (χ0) is 18.7. The van der Waals surface area contributed by atoms with Crippen LogP contribution < -0.4 is 4.74 Å². The van der Waals surface area contributed by atoms with E-state index >= 15 is 0 Å². The number of hydrogen-bond acceptors (Lipinski definition) is 4. The van der Waals surface area contributed by atoms with Gasteiger partial charge < -0.3 is 14.7 Å². The largest absolute Gasteiger partial charge is 0.478 e. The third kappa shape index (κ3) is 4.22. The molecular weight excluding hydrogens is 328 g/mol. The van der Waals surface area contributed by atoms with Crippen molar-refractivity contribution in [3.05, 3.63) is 59.9 Å². The van der Waals surface area contributed by atoms with Crippen LogP contribution in [0.4, 0.5) is 0 Å². The number of aliphatic hydroxyl groups excluding tert-OH is 1. The van der Waals surface area contributed by atoms with Crippen LogP contribution in [0.25, 0.3) is 0 Å². The first-order valence-corrected chi connectivity index (χ1v) is 8.97. The zero-order valence-electron chi connectivity index (χ0n) is 15.6. The van der Waals surface area contributed by atoms with E-state index in [4.69, 9.17) is 4.74 Å². The van der Waals surface area contributed by atoms with E-state index in [9.17, 15) is 9.90 Å². The number of likely N-dealkylation sites (tertiary alicyclic amines) is 1. The monoisotopic (exact) mass is 354 g/mol. The number of ether oxygens (including phenoxy) is 1. The van der Waals surface area contributed by atoms with Gasteiger partial charge in [0.2, 0.25) is 0 Å². The van der Waals surface area contributed by atoms with Gasteiger partial charge in [0.1, 0.15) is 5.75 Å². The van der Waals surface area contributed by atoms with Crippen LogP contribution in [0.5, 0.6) is 5.75 Å². The summed E-state index contributed by atoms with van der Waals surface area (Å²) in [6, 6.07) is 11.6. The molecule has 1 amide bonds. The van der Waals surface area contributed by atoms with Gasteiger partial charge in [-0.1, -0.05) is 17.7 Å². The molecule has 0 bridgehead atoms. The molecule has 26 heavy (non-hydrogen) atoms. The third-order valence-electron chi connectivity index (χ3n) is 4.85. The van der Waals surface area contributed by atoms with Crippen molar-refractivity contribution >= 4 is 5.91 Å². The summed E-state index contributed by atoms with van der Waals surface area (Å²) in [5.41, 5.74) is 1.28. The van der Waals surface area contributed by atoms with Crippen LogP contribution in [0.1, 0.15) is 25.0 Å². The van der Waals surface area contributed by atoms with E-state index in [1.54, 1.807) is 31.1 Å². The maximum atomic E-state index is 13.0. The van der Waals surface area contributed by atoms with Gasteiger partial charge in [-0.25, -0.2) is 0 Å². The number of rotatable bonds is 5. The van der Waals surface area contributed by atoms with Gasteiger partial charge in [-0.3, -0.25) is 9.78 Å². The van der Waals surface area contributed by atoms with Crippen molar-refractivity contribution in [2.75, 3.05) is 13.1 Å². The first-order chi connectivity index (χ1) is 12.3. The van der Waals surface area contributed by atoms with Gasteiger partial charge in [0.15, 0.2) is 5.60 Å². The molecule has 5 nitrogen and oxygen atoms in total. The van der Waals surface area contributed by atoms with Gasteiger partial charge in [0.25, 0.3) is 5.91 Å². The van der Waals surface area contributed by atoms with E-state index < -0.39 is 11.7 Å². The Balaban J connectivity index is 1.64. The minimum Gasteiger partial charge on any atom is -0.478 e. The Hall–Kier alpha value is -2.40. The number of aromatic nitrogens is 1. The lowest BCUT2D eigenvalue weighted by Crippen LogP contribution is -2.48. The number of carbonyl (C=O) groups excluding carboxylic acids is 1. The summed E-state index contributed by atoms with van der Waals surface area (Å²) in [4.78, 5) is 18.7. The molecule has 2 heterocycles. The van der Waals surface area contributed by atoms with Crippen molar-refractivity contribution in [1.29, 1.82) is 0 Å². The van der Waals surface area contributed by atoms with Crippen LogP contribution >= 0.6 is 0 Å². The molecule has 1 aromatic heterocycles. The smallest absolute Gasteiger partial charge is 0.266 e. The molecule has 0 aliphatic carbocycles. The van der Waals surface area contributed by atoms with E-state index in [-0.39, 0.29) is 11.8 Å². The highest BCUT2D eigenvalue weighted by Gasteiger charge is 2.41. The van der Waals surface area contributed by atoms with Gasteiger partial charge in [0, 0.05) is 31.4 Å². The van der Waals surface area contributed by atoms with Crippen LogP contribution in [-0.4, -0.2) is 45.7 Å². The molecule has 1 N–H and O–H groups in total. The molecule has 2 aromatic rings. The molecule has 0 radical (unpaired) electrons. The standard InChI is InChI=1S/C21H26N2O3/c1-15-4-6-18(7-5-15)26-21(2,3)20(25)23-13-17(19(24)14-23)12-16-8-10-22-11-9-16/h4-11,17,19,24H,12-14H2,1-3H3/t17-,19-/m1/s1. The first kappa shape index (κ1) is 18.4. The molecule has 1 aromatic carbocycles. The molecule has 138 valence electrons. The Morgan fingerprint density at radius 2 is 1.85 bits per heavy atom. The van der Waals surface area contributed by atoms with Gasteiger partial charge in [-0.05, 0) is 57.0 Å². The van der Waals surface area contributed by atoms with E-state index in [1.807, 2.05) is 43.3 Å². The fourth-order valence-electron chi connectivity index (χ4n) is 3.37. The number of aliphatic hydroxyl groups is 1. The molecule has 1 aliphatic rings. The molecule has 5 heteroatoms. The van der Waals surface area contributed by atoms with Gasteiger partial charge in [-0.15, -0.1) is 0 Å². The number of carbonyl (C=O) groups is 1. The number of pyridine rings is 1. The van der Waals surface area contributed by atoms with Crippen molar-refractivity contribution in [3.8, 4) is 5.75 Å². The molecular formula is C21H26N2O3. The van der Waals surface area contributed by atoms with Crippen molar-refractivity contribution in [3.63, 3.8) is 0 Å². The van der Waals surface area contributed by atoms with Crippen LogP contribution in [0, 0.1) is 12.8 Å². The maximum absolute atomic E-state index is 13.0. The quantitative estimate of drug-likeness (QED) is 0.897. The minimum absolute atomic E-state index is 0.0246. The van der Waals surface area contributed by atoms with Crippen molar-refractivity contribution in [2.24, 2.45) is 5.92 Å². The number of amides is 1. The highest BCUT2D eigenvalue weighted by Crippen LogP contribution is 2.26. The number of nitrogens with zero attached hydrogens (tertiary/aromatic N) is 2. The fourth-order valence-corrected chi connectivity index (χ4v) is 3.37. The summed E-state index contributed by atoms with van der Waals surface area (Å²) in [5, 5.41) is 10.4. The first-order valence-electron chi connectivity index (χ1n) is 8.97. The molecule has 1 saturated heterocycles. The van der Waals surface area contributed by atoms with Crippen LogP contribution in [0.2, 0.25) is 0 Å². The Bertz CT molecular complexity index is 744. The second kappa shape index (κ2) is 7.46. The second-order valence-electron chi connectivity index (χ2n) is 7.52. The SMILES string of the molecule is Cc1ccc(OC(C)(C)C(=O)N2C[C@@H](Cc3ccncc3)[C@H](O)C2)cc1. The predicted octanol–water partition coefficient (Wildman–Crippen LogP) is 2.61. The zero-order valence-corrected chi connectivity index (χ0v) is 15.6. The lowest BCUT2D eigenvalue weighted by Gasteiger charge is -2.30. The Morgan fingerprint density at radius 1 is 1.19 bits per heavy atom. The Labute approximate surface area is 154 Å². The number of β-amino-alcohol motifs (C(OH)–C–C–N with tert-alkyl or cyclic N) is 1. The minimum atomic E-state index is -0.986. The fraction of sp³-hybridized carbons (Fsp3) is 0.429. The second-order valence-corrected chi connectivity index (χ2v) is 7.52. The molecule has 3 rings (SSSR count). The molecule has 0 saturated carbocycles. The van der Waals surface area contributed by atoms with E-state index in [0.717, 1.165) is 17.5 Å². The summed E-state index contributed by atoms with van der Waals surface area (Å²) in [6.07, 6.45) is 3.70. The average Bonchev–Trinajstić information content (AvgIpc) is 2.97. The predicted molar refractivity (Wildman–Crippen MR) is 99.9 cm³/mol. The van der Waals surface area contributed by atoms with Crippen LogP contribution in [0.3, 0.4) is 0 Å². The van der Waals surface area contributed by atoms with Crippen molar-refractivity contribution in [2.45, 2.75) is 38.9 Å². The molecule has 0 unspecified atom stereocenters. The Kier molecular flexibility index (Phi) is 5.28. The molecule has 1 aliphatic heterocycles. The summed E-state index contributed by atoms with van der Waals surface area (Å²) < 4.78 is 5.94. The van der Waals surface area contributed by atoms with Crippen molar-refractivity contribution < 1.29 is 14.6 Å². The molecule has 1 fully saturated rings. The normalized spacial score (nSPS) is 20.2. The highest BCUT2D eigenvalue weighted by atomic mass is 16.5. The van der Waals surface area contributed by atoms with E-state index in [1.165, 1.54) is 0 Å². The molecule has 0 spiro atoms. The number of aryl methyl sites for hydroxylation is 1. The van der Waals surface area contributed by atoms with E-state index in [2.05, 4.69) is 4.98 Å². The van der Waals surface area contributed by atoms with Gasteiger partial charge in [-0.2, -0.15) is 0 Å². The lowest BCUT2D eigenvalue weighted by atomic mass is 9.97. The number of benzene rings is 1.